The number of nitriles is 1. The molecular weight excluding hydrogens is 492 g/mol. The number of nitrogens with zero attached hydrogens (tertiary/aromatic N) is 1. The number of carbonyl (C=O) groups is 4. The minimum atomic E-state index is -1.43. The summed E-state index contributed by atoms with van der Waals surface area (Å²) < 4.78 is 0. The molecule has 0 bridgehead atoms. The van der Waals surface area contributed by atoms with Gasteiger partial charge in [0.2, 0.25) is 5.91 Å². The van der Waals surface area contributed by atoms with Crippen molar-refractivity contribution in [2.45, 2.75) is 86.5 Å². The topological polar surface area (TPSA) is 124 Å². The van der Waals surface area contributed by atoms with Gasteiger partial charge in [0, 0.05) is 18.4 Å². The monoisotopic (exact) mass is 534 g/mol. The van der Waals surface area contributed by atoms with E-state index in [0.717, 1.165) is 12.0 Å². The lowest BCUT2D eigenvalue weighted by Crippen LogP contribution is -2.66. The van der Waals surface area contributed by atoms with Crippen LogP contribution in [0.5, 0.6) is 0 Å². The Morgan fingerprint density at radius 1 is 1.03 bits per heavy atom. The normalized spacial score (nSPS) is 46.3. The van der Waals surface area contributed by atoms with Gasteiger partial charge in [-0.2, -0.15) is 5.26 Å². The molecule has 8 atom stereocenters. The SMILES string of the molecule is CNC(=O)[C@]1(C)C(=O)C(C#N)=C[C@]2(C)C3=CC(=O)[C@@H]4[C@@H]5CC(C)(C)CC[C@]5(C(=O)O)CC[C@@]4(C)[C@]3(C)CC[C@@H]12. The Hall–Kier alpha value is -2.75. The van der Waals surface area contributed by atoms with E-state index >= 15 is 0 Å². The third-order valence-corrected chi connectivity index (χ3v) is 12.7. The van der Waals surface area contributed by atoms with Crippen LogP contribution in [0.25, 0.3) is 0 Å². The van der Waals surface area contributed by atoms with Crippen molar-refractivity contribution in [2.24, 2.45) is 50.2 Å². The van der Waals surface area contributed by atoms with E-state index in [1.54, 1.807) is 19.1 Å². The van der Waals surface area contributed by atoms with Crippen LogP contribution in [0.15, 0.2) is 23.3 Å². The molecule has 3 fully saturated rings. The van der Waals surface area contributed by atoms with Crippen molar-refractivity contribution in [3.8, 4) is 6.07 Å². The molecular formula is C32H42N2O5. The number of nitrogens with one attached hydrogen (secondary N) is 1. The molecule has 7 nitrogen and oxygen atoms in total. The van der Waals surface area contributed by atoms with Crippen LogP contribution >= 0.6 is 0 Å². The molecule has 0 aliphatic heterocycles. The number of Topliss-reactive ketones (excluding diaryl/α,β-unsaturated/α-hetero) is 1. The van der Waals surface area contributed by atoms with Crippen LogP contribution in [0.2, 0.25) is 0 Å². The molecule has 5 aliphatic rings. The van der Waals surface area contributed by atoms with E-state index in [9.17, 15) is 29.5 Å². The fraction of sp³-hybridized carbons (Fsp3) is 0.719. The average molecular weight is 535 g/mol. The number of carboxylic acids is 1. The minimum absolute atomic E-state index is 0.0349. The molecule has 0 aromatic carbocycles. The Kier molecular flexibility index (Phi) is 5.81. The zero-order valence-electron chi connectivity index (χ0n) is 24.4. The zero-order valence-corrected chi connectivity index (χ0v) is 24.4. The van der Waals surface area contributed by atoms with E-state index in [1.165, 1.54) is 7.05 Å². The molecule has 0 heterocycles. The first-order valence-corrected chi connectivity index (χ1v) is 14.4. The summed E-state index contributed by atoms with van der Waals surface area (Å²) in [4.78, 5) is 53.9. The maximum absolute atomic E-state index is 14.3. The van der Waals surface area contributed by atoms with Crippen LogP contribution < -0.4 is 5.32 Å². The van der Waals surface area contributed by atoms with E-state index in [2.05, 4.69) is 33.0 Å². The Bertz CT molecular complexity index is 1300. The number of allylic oxidation sites excluding steroid dienone is 4. The number of ketones is 2. The summed E-state index contributed by atoms with van der Waals surface area (Å²) in [7, 11) is 1.51. The highest BCUT2D eigenvalue weighted by Gasteiger charge is 2.72. The maximum atomic E-state index is 14.3. The van der Waals surface area contributed by atoms with Gasteiger partial charge in [-0.3, -0.25) is 19.2 Å². The molecule has 2 N–H and O–H groups in total. The van der Waals surface area contributed by atoms with Crippen molar-refractivity contribution < 1.29 is 24.3 Å². The van der Waals surface area contributed by atoms with E-state index in [0.29, 0.717) is 38.5 Å². The van der Waals surface area contributed by atoms with Crippen LogP contribution in [0.3, 0.4) is 0 Å². The van der Waals surface area contributed by atoms with Gasteiger partial charge in [0.25, 0.3) is 0 Å². The standard InChI is InChI=1S/C32H42N2O5/c1-27(2)10-12-32(26(38)39)13-11-30(5)23(19(32)16-27)20(35)14-22-28(3)15-18(17-33)24(36)31(6,25(37)34-7)21(28)8-9-29(22,30)4/h14-15,19,21,23H,8-13,16H2,1-7H3,(H,34,37)(H,38,39)/t19-,21+,23-,28-,29+,30+,31-,32-/m0/s1. The quantitative estimate of drug-likeness (QED) is 0.480. The third-order valence-electron chi connectivity index (χ3n) is 12.7. The molecule has 5 aliphatic carbocycles. The highest BCUT2D eigenvalue weighted by molar-refractivity contribution is 6.16. The summed E-state index contributed by atoms with van der Waals surface area (Å²) in [6, 6.07) is 2.05. The van der Waals surface area contributed by atoms with Crippen LogP contribution in [0.4, 0.5) is 0 Å². The molecule has 39 heavy (non-hydrogen) atoms. The molecule has 0 aromatic rings. The summed E-state index contributed by atoms with van der Waals surface area (Å²) in [5.41, 5.74) is -3.28. The van der Waals surface area contributed by atoms with Gasteiger partial charge in [-0.15, -0.1) is 0 Å². The number of hydrogen-bond donors (Lipinski definition) is 2. The average Bonchev–Trinajstić information content (AvgIpc) is 2.86. The van der Waals surface area contributed by atoms with E-state index in [4.69, 9.17) is 0 Å². The van der Waals surface area contributed by atoms with Gasteiger partial charge < -0.3 is 10.4 Å². The van der Waals surface area contributed by atoms with Crippen molar-refractivity contribution in [3.05, 3.63) is 23.3 Å². The van der Waals surface area contributed by atoms with Gasteiger partial charge in [0.05, 0.1) is 11.0 Å². The number of fused-ring (bicyclic) bond motifs is 7. The Labute approximate surface area is 231 Å². The lowest BCUT2D eigenvalue weighted by atomic mass is 9.34. The number of hydrogen-bond acceptors (Lipinski definition) is 5. The lowest BCUT2D eigenvalue weighted by molar-refractivity contribution is -0.188. The summed E-state index contributed by atoms with van der Waals surface area (Å²) >= 11 is 0. The van der Waals surface area contributed by atoms with Crippen molar-refractivity contribution in [1.82, 2.24) is 5.32 Å². The number of carboxylic acid groups (broad SMARTS) is 1. The molecule has 0 unspecified atom stereocenters. The van der Waals surface area contributed by atoms with Gasteiger partial charge in [0.1, 0.15) is 11.5 Å². The number of rotatable bonds is 2. The van der Waals surface area contributed by atoms with Gasteiger partial charge >= 0.3 is 5.97 Å². The third kappa shape index (κ3) is 3.21. The fourth-order valence-electron chi connectivity index (χ4n) is 10.2. The Balaban J connectivity index is 1.72. The van der Waals surface area contributed by atoms with Gasteiger partial charge in [-0.25, -0.2) is 0 Å². The highest BCUT2D eigenvalue weighted by Crippen LogP contribution is 2.74. The Morgan fingerprint density at radius 3 is 2.26 bits per heavy atom. The summed E-state index contributed by atoms with van der Waals surface area (Å²) in [6.07, 6.45) is 8.03. The molecule has 5 rings (SSSR count). The predicted octanol–water partition coefficient (Wildman–Crippen LogP) is 5.02. The smallest absolute Gasteiger partial charge is 0.309 e. The van der Waals surface area contributed by atoms with E-state index < -0.39 is 56.6 Å². The molecule has 0 radical (unpaired) electrons. The van der Waals surface area contributed by atoms with Crippen molar-refractivity contribution in [3.63, 3.8) is 0 Å². The maximum Gasteiger partial charge on any atom is 0.309 e. The Morgan fingerprint density at radius 2 is 1.67 bits per heavy atom. The second-order valence-corrected chi connectivity index (χ2v) is 14.8. The number of amides is 1. The minimum Gasteiger partial charge on any atom is -0.481 e. The largest absolute Gasteiger partial charge is 0.481 e. The molecule has 0 spiro atoms. The van der Waals surface area contributed by atoms with Crippen LogP contribution in [-0.4, -0.2) is 35.6 Å². The van der Waals surface area contributed by atoms with E-state index in [-0.39, 0.29) is 22.7 Å². The number of aliphatic carboxylic acids is 1. The predicted molar refractivity (Wildman–Crippen MR) is 145 cm³/mol. The summed E-state index contributed by atoms with van der Waals surface area (Å²) in [5, 5.41) is 23.1. The molecule has 0 aromatic heterocycles. The van der Waals surface area contributed by atoms with Crippen molar-refractivity contribution in [2.75, 3.05) is 7.05 Å². The first-order valence-electron chi connectivity index (χ1n) is 14.4. The summed E-state index contributed by atoms with van der Waals surface area (Å²) in [5.74, 6) is -2.75. The van der Waals surface area contributed by atoms with Crippen molar-refractivity contribution in [1.29, 1.82) is 5.26 Å². The fourth-order valence-corrected chi connectivity index (χ4v) is 10.2. The van der Waals surface area contributed by atoms with Gasteiger partial charge in [0.15, 0.2) is 11.6 Å². The number of carbonyl (C=O) groups excluding carboxylic acids is 3. The van der Waals surface area contributed by atoms with Gasteiger partial charge in [-0.1, -0.05) is 46.3 Å². The van der Waals surface area contributed by atoms with Crippen LogP contribution in [0.1, 0.15) is 86.5 Å². The summed E-state index contributed by atoms with van der Waals surface area (Å²) in [6.45, 7) is 12.4. The van der Waals surface area contributed by atoms with Crippen LogP contribution in [0, 0.1) is 61.6 Å². The van der Waals surface area contributed by atoms with E-state index in [1.807, 2.05) is 13.0 Å². The molecule has 7 heteroatoms. The first kappa shape index (κ1) is 27.8. The molecule has 1 amide bonds. The lowest BCUT2D eigenvalue weighted by Gasteiger charge is -2.68. The molecule has 0 saturated heterocycles. The highest BCUT2D eigenvalue weighted by atomic mass is 16.4. The zero-order chi connectivity index (χ0) is 29.0. The van der Waals surface area contributed by atoms with Gasteiger partial charge in [-0.05, 0) is 86.0 Å². The first-order chi connectivity index (χ1) is 18.0. The van der Waals surface area contributed by atoms with Crippen LogP contribution in [-0.2, 0) is 19.2 Å². The second kappa shape index (κ2) is 8.15. The van der Waals surface area contributed by atoms with Crippen molar-refractivity contribution >= 4 is 23.4 Å². The second-order valence-electron chi connectivity index (χ2n) is 14.8. The molecule has 210 valence electrons. The molecule has 3 saturated carbocycles.